The van der Waals surface area contributed by atoms with E-state index in [0.717, 1.165) is 0 Å². The predicted octanol–water partition coefficient (Wildman–Crippen LogP) is 1.79. The van der Waals surface area contributed by atoms with Gasteiger partial charge in [-0.05, 0) is 37.3 Å². The summed E-state index contributed by atoms with van der Waals surface area (Å²) in [6.45, 7) is 3.92. The van der Waals surface area contributed by atoms with Gasteiger partial charge in [-0.1, -0.05) is 6.07 Å². The van der Waals surface area contributed by atoms with E-state index in [4.69, 9.17) is 4.74 Å². The van der Waals surface area contributed by atoms with Crippen LogP contribution in [0.1, 0.15) is 17.4 Å². The Hall–Kier alpha value is -2.49. The highest BCUT2D eigenvalue weighted by Crippen LogP contribution is 2.28. The molecule has 0 bridgehead atoms. The van der Waals surface area contributed by atoms with Crippen LogP contribution in [0.2, 0.25) is 0 Å². The van der Waals surface area contributed by atoms with Crippen LogP contribution in [-0.4, -0.2) is 56.5 Å². The van der Waals surface area contributed by atoms with Crippen molar-refractivity contribution in [1.29, 1.82) is 0 Å². The van der Waals surface area contributed by atoms with E-state index >= 15 is 0 Å². The van der Waals surface area contributed by atoms with Crippen molar-refractivity contribution in [3.8, 4) is 0 Å². The second-order valence-electron chi connectivity index (χ2n) is 5.92. The number of benzene rings is 1. The van der Waals surface area contributed by atoms with E-state index in [0.29, 0.717) is 44.2 Å². The number of hydrogen-bond donors (Lipinski definition) is 2. The number of carbonyl (C=O) groups excluding carboxylic acids is 1. The maximum atomic E-state index is 12.9. The Morgan fingerprint density at radius 2 is 1.96 bits per heavy atom. The van der Waals surface area contributed by atoms with Crippen molar-refractivity contribution in [2.75, 3.05) is 43.5 Å². The van der Waals surface area contributed by atoms with Gasteiger partial charge in [-0.25, -0.2) is 8.42 Å². The van der Waals surface area contributed by atoms with Crippen molar-refractivity contribution in [3.63, 3.8) is 0 Å². The Balaban J connectivity index is 1.91. The van der Waals surface area contributed by atoms with Crippen LogP contribution in [0, 0.1) is 0 Å². The van der Waals surface area contributed by atoms with Crippen LogP contribution in [0.4, 0.5) is 11.4 Å². The molecular formula is C18H22N4O4S. The molecule has 1 amide bonds. The number of nitrogens with one attached hydrogen (secondary N) is 2. The fourth-order valence-electron chi connectivity index (χ4n) is 2.75. The molecule has 1 saturated heterocycles. The minimum Gasteiger partial charge on any atom is -0.384 e. The minimum absolute atomic E-state index is 0.127. The zero-order valence-corrected chi connectivity index (χ0v) is 15.8. The standard InChI is InChI=1S/C18H22N4O4S/c1-2-19-15-7-6-14(27(24,25)22-9-11-26-12-10-22)13-17(15)21-18(23)16-5-3-4-8-20-16/h3-8,13,19H,2,9-12H2,1H3,(H,21,23). The maximum Gasteiger partial charge on any atom is 0.274 e. The molecule has 2 aromatic rings. The maximum absolute atomic E-state index is 12.9. The normalized spacial score (nSPS) is 15.3. The first-order chi connectivity index (χ1) is 13.0. The lowest BCUT2D eigenvalue weighted by molar-refractivity contribution is 0.0730. The SMILES string of the molecule is CCNc1ccc(S(=O)(=O)N2CCOCC2)cc1NC(=O)c1ccccn1. The molecule has 2 N–H and O–H groups in total. The van der Waals surface area contributed by atoms with Crippen molar-refractivity contribution < 1.29 is 17.9 Å². The number of nitrogens with zero attached hydrogens (tertiary/aromatic N) is 2. The number of hydrogen-bond acceptors (Lipinski definition) is 6. The number of ether oxygens (including phenoxy) is 1. The monoisotopic (exact) mass is 390 g/mol. The first kappa shape index (κ1) is 19.3. The fraction of sp³-hybridized carbons (Fsp3) is 0.333. The van der Waals surface area contributed by atoms with E-state index < -0.39 is 15.9 Å². The molecule has 3 rings (SSSR count). The average Bonchev–Trinajstić information content (AvgIpc) is 2.70. The summed E-state index contributed by atoms with van der Waals surface area (Å²) in [7, 11) is -3.66. The summed E-state index contributed by atoms with van der Waals surface area (Å²) in [4.78, 5) is 16.6. The Bertz CT molecular complexity index is 897. The lowest BCUT2D eigenvalue weighted by Crippen LogP contribution is -2.40. The third-order valence-corrected chi connectivity index (χ3v) is 6.01. The number of morpholine rings is 1. The van der Waals surface area contributed by atoms with Crippen molar-refractivity contribution in [1.82, 2.24) is 9.29 Å². The van der Waals surface area contributed by atoms with Crippen molar-refractivity contribution in [2.45, 2.75) is 11.8 Å². The predicted molar refractivity (Wildman–Crippen MR) is 102 cm³/mol. The number of amides is 1. The second kappa shape index (κ2) is 8.47. The Labute approximate surface area is 158 Å². The van der Waals surface area contributed by atoms with Gasteiger partial charge < -0.3 is 15.4 Å². The summed E-state index contributed by atoms with van der Waals surface area (Å²) in [6, 6.07) is 9.70. The van der Waals surface area contributed by atoms with Gasteiger partial charge in [0.2, 0.25) is 10.0 Å². The van der Waals surface area contributed by atoms with Crippen molar-refractivity contribution in [3.05, 3.63) is 48.3 Å². The van der Waals surface area contributed by atoms with Crippen LogP contribution in [0.15, 0.2) is 47.5 Å². The summed E-state index contributed by atoms with van der Waals surface area (Å²) in [6.07, 6.45) is 1.53. The van der Waals surface area contributed by atoms with Gasteiger partial charge in [0.25, 0.3) is 5.91 Å². The van der Waals surface area contributed by atoms with Crippen LogP contribution in [-0.2, 0) is 14.8 Å². The van der Waals surface area contributed by atoms with E-state index in [1.807, 2.05) is 6.92 Å². The van der Waals surface area contributed by atoms with E-state index in [2.05, 4.69) is 15.6 Å². The van der Waals surface area contributed by atoms with Crippen LogP contribution in [0.25, 0.3) is 0 Å². The van der Waals surface area contributed by atoms with Gasteiger partial charge in [0.15, 0.2) is 0 Å². The first-order valence-electron chi connectivity index (χ1n) is 8.70. The molecule has 1 aliphatic heterocycles. The van der Waals surface area contributed by atoms with E-state index in [9.17, 15) is 13.2 Å². The number of pyridine rings is 1. The highest BCUT2D eigenvalue weighted by Gasteiger charge is 2.27. The fourth-order valence-corrected chi connectivity index (χ4v) is 4.19. The third kappa shape index (κ3) is 4.44. The Morgan fingerprint density at radius 1 is 1.19 bits per heavy atom. The molecule has 27 heavy (non-hydrogen) atoms. The van der Waals surface area contributed by atoms with E-state index in [1.165, 1.54) is 16.6 Å². The number of aromatic nitrogens is 1. The third-order valence-electron chi connectivity index (χ3n) is 4.11. The molecule has 0 saturated carbocycles. The van der Waals surface area contributed by atoms with Crippen LogP contribution in [0.3, 0.4) is 0 Å². The number of carbonyl (C=O) groups is 1. The van der Waals surface area contributed by atoms with E-state index in [1.54, 1.807) is 30.3 Å². The Morgan fingerprint density at radius 3 is 2.63 bits per heavy atom. The average molecular weight is 390 g/mol. The number of anilines is 2. The zero-order valence-electron chi connectivity index (χ0n) is 15.0. The molecule has 0 atom stereocenters. The molecule has 0 unspecified atom stereocenters. The quantitative estimate of drug-likeness (QED) is 0.780. The molecule has 8 nitrogen and oxygen atoms in total. The molecule has 0 spiro atoms. The van der Waals surface area contributed by atoms with Gasteiger partial charge >= 0.3 is 0 Å². The molecule has 0 aliphatic carbocycles. The smallest absolute Gasteiger partial charge is 0.274 e. The van der Waals surface area contributed by atoms with Gasteiger partial charge in [-0.15, -0.1) is 0 Å². The largest absolute Gasteiger partial charge is 0.384 e. The second-order valence-corrected chi connectivity index (χ2v) is 7.86. The highest BCUT2D eigenvalue weighted by molar-refractivity contribution is 7.89. The highest BCUT2D eigenvalue weighted by atomic mass is 32.2. The van der Waals surface area contributed by atoms with E-state index in [-0.39, 0.29) is 10.6 Å². The van der Waals surface area contributed by atoms with Crippen molar-refractivity contribution in [2.24, 2.45) is 0 Å². The summed E-state index contributed by atoms with van der Waals surface area (Å²) < 4.78 is 32.4. The van der Waals surface area contributed by atoms with Crippen LogP contribution >= 0.6 is 0 Å². The zero-order chi connectivity index (χ0) is 19.3. The Kier molecular flexibility index (Phi) is 6.04. The molecule has 9 heteroatoms. The van der Waals surface area contributed by atoms with Gasteiger partial charge in [-0.3, -0.25) is 9.78 Å². The number of sulfonamides is 1. The molecular weight excluding hydrogens is 368 g/mol. The molecule has 1 fully saturated rings. The molecule has 1 aromatic carbocycles. The lowest BCUT2D eigenvalue weighted by Gasteiger charge is -2.26. The molecule has 1 aromatic heterocycles. The lowest BCUT2D eigenvalue weighted by atomic mass is 10.2. The van der Waals surface area contributed by atoms with Crippen LogP contribution < -0.4 is 10.6 Å². The minimum atomic E-state index is -3.66. The molecule has 144 valence electrons. The summed E-state index contributed by atoms with van der Waals surface area (Å²) in [5.74, 6) is -0.407. The summed E-state index contributed by atoms with van der Waals surface area (Å²) >= 11 is 0. The topological polar surface area (TPSA) is 101 Å². The van der Waals surface area contributed by atoms with Crippen LogP contribution in [0.5, 0.6) is 0 Å². The van der Waals surface area contributed by atoms with Gasteiger partial charge in [-0.2, -0.15) is 4.31 Å². The molecule has 2 heterocycles. The molecule has 1 aliphatic rings. The van der Waals surface area contributed by atoms with Gasteiger partial charge in [0.1, 0.15) is 5.69 Å². The molecule has 0 radical (unpaired) electrons. The first-order valence-corrected chi connectivity index (χ1v) is 10.1. The van der Waals surface area contributed by atoms with Gasteiger partial charge in [0.05, 0.1) is 29.5 Å². The summed E-state index contributed by atoms with van der Waals surface area (Å²) in [5, 5.41) is 5.88. The van der Waals surface area contributed by atoms with Crippen molar-refractivity contribution >= 4 is 27.3 Å². The number of rotatable bonds is 6. The van der Waals surface area contributed by atoms with Gasteiger partial charge in [0, 0.05) is 25.8 Å². The summed E-state index contributed by atoms with van der Waals surface area (Å²) in [5.41, 5.74) is 1.28.